The standard InChI is InChI=1S/C14H13BrO2/c1-4-12(16)9-13(14(2,3)17)10-5-7-11(15)8-6-10/h1,5-9,17H,2-3H3/b13-9-. The van der Waals surface area contributed by atoms with Gasteiger partial charge in [0, 0.05) is 10.5 Å². The summed E-state index contributed by atoms with van der Waals surface area (Å²) in [6, 6.07) is 7.32. The number of allylic oxidation sites excluding steroid dienone is 1. The number of benzene rings is 1. The third kappa shape index (κ3) is 3.85. The highest BCUT2D eigenvalue weighted by atomic mass is 79.9. The van der Waals surface area contributed by atoms with Gasteiger partial charge in [0.25, 0.3) is 0 Å². The van der Waals surface area contributed by atoms with Crippen molar-refractivity contribution in [3.63, 3.8) is 0 Å². The summed E-state index contributed by atoms with van der Waals surface area (Å²) in [4.78, 5) is 11.3. The van der Waals surface area contributed by atoms with Gasteiger partial charge in [-0.2, -0.15) is 0 Å². The molecule has 0 spiro atoms. The lowest BCUT2D eigenvalue weighted by Gasteiger charge is -2.21. The summed E-state index contributed by atoms with van der Waals surface area (Å²) >= 11 is 3.33. The number of ketones is 1. The minimum Gasteiger partial charge on any atom is -0.386 e. The summed E-state index contributed by atoms with van der Waals surface area (Å²) in [5.41, 5.74) is 0.151. The van der Waals surface area contributed by atoms with E-state index < -0.39 is 11.4 Å². The average molecular weight is 293 g/mol. The number of halogens is 1. The third-order valence-corrected chi connectivity index (χ3v) is 2.76. The fraction of sp³-hybridized carbons (Fsp3) is 0.214. The predicted octanol–water partition coefficient (Wildman–Crippen LogP) is 2.81. The van der Waals surface area contributed by atoms with E-state index in [1.165, 1.54) is 6.08 Å². The molecule has 3 heteroatoms. The van der Waals surface area contributed by atoms with Crippen molar-refractivity contribution in [2.75, 3.05) is 0 Å². The molecule has 0 aliphatic rings. The number of aliphatic hydroxyl groups is 1. The maximum atomic E-state index is 11.3. The highest BCUT2D eigenvalue weighted by Crippen LogP contribution is 2.27. The molecule has 0 aromatic heterocycles. The van der Waals surface area contributed by atoms with Gasteiger partial charge >= 0.3 is 0 Å². The molecule has 0 bridgehead atoms. The van der Waals surface area contributed by atoms with Crippen LogP contribution in [0.4, 0.5) is 0 Å². The van der Waals surface area contributed by atoms with Gasteiger partial charge in [0.1, 0.15) is 0 Å². The van der Waals surface area contributed by atoms with E-state index in [1.807, 2.05) is 30.2 Å². The van der Waals surface area contributed by atoms with Crippen LogP contribution in [0.5, 0.6) is 0 Å². The molecule has 2 nitrogen and oxygen atoms in total. The largest absolute Gasteiger partial charge is 0.386 e. The number of rotatable bonds is 3. The number of hydrogen-bond acceptors (Lipinski definition) is 2. The molecule has 0 aliphatic carbocycles. The van der Waals surface area contributed by atoms with Gasteiger partial charge in [0.2, 0.25) is 5.78 Å². The number of terminal acetylenes is 1. The van der Waals surface area contributed by atoms with Crippen LogP contribution in [0.2, 0.25) is 0 Å². The Labute approximate surface area is 109 Å². The summed E-state index contributed by atoms with van der Waals surface area (Å²) < 4.78 is 0.930. The number of carbonyl (C=O) groups excluding carboxylic acids is 1. The van der Waals surface area contributed by atoms with Gasteiger partial charge < -0.3 is 5.11 Å². The second-order valence-corrected chi connectivity index (χ2v) is 5.05. The molecule has 0 saturated heterocycles. The van der Waals surface area contributed by atoms with E-state index in [0.29, 0.717) is 5.57 Å². The van der Waals surface area contributed by atoms with Gasteiger partial charge in [-0.25, -0.2) is 0 Å². The molecule has 88 valence electrons. The fourth-order valence-electron chi connectivity index (χ4n) is 1.42. The lowest BCUT2D eigenvalue weighted by molar-refractivity contribution is -0.109. The van der Waals surface area contributed by atoms with Crippen molar-refractivity contribution in [2.45, 2.75) is 19.4 Å². The number of carbonyl (C=O) groups is 1. The van der Waals surface area contributed by atoms with E-state index >= 15 is 0 Å². The molecule has 0 saturated carbocycles. The quantitative estimate of drug-likeness (QED) is 0.528. The molecule has 0 unspecified atom stereocenters. The Balaban J connectivity index is 3.27. The predicted molar refractivity (Wildman–Crippen MR) is 72.3 cm³/mol. The molecule has 0 radical (unpaired) electrons. The van der Waals surface area contributed by atoms with Crippen LogP contribution in [0.15, 0.2) is 34.8 Å². The van der Waals surface area contributed by atoms with Crippen LogP contribution >= 0.6 is 15.9 Å². The van der Waals surface area contributed by atoms with Crippen LogP contribution in [0.25, 0.3) is 5.57 Å². The van der Waals surface area contributed by atoms with Crippen molar-refractivity contribution in [1.82, 2.24) is 0 Å². The molecular formula is C14H13BrO2. The summed E-state index contributed by atoms with van der Waals surface area (Å²) in [6.45, 7) is 3.23. The zero-order chi connectivity index (χ0) is 13.1. The Morgan fingerprint density at radius 2 is 1.94 bits per heavy atom. The molecule has 0 aliphatic heterocycles. The third-order valence-electron chi connectivity index (χ3n) is 2.23. The molecule has 17 heavy (non-hydrogen) atoms. The van der Waals surface area contributed by atoms with Crippen molar-refractivity contribution in [2.24, 2.45) is 0 Å². The molecule has 1 rings (SSSR count). The van der Waals surface area contributed by atoms with Gasteiger partial charge in [-0.15, -0.1) is 6.42 Å². The van der Waals surface area contributed by atoms with E-state index in [4.69, 9.17) is 6.42 Å². The van der Waals surface area contributed by atoms with Crippen molar-refractivity contribution in [3.8, 4) is 12.3 Å². The Kier molecular flexibility index (Phi) is 4.28. The highest BCUT2D eigenvalue weighted by molar-refractivity contribution is 9.10. The van der Waals surface area contributed by atoms with Crippen molar-refractivity contribution in [3.05, 3.63) is 40.4 Å². The number of hydrogen-bond donors (Lipinski definition) is 1. The normalized spacial score (nSPS) is 12.1. The summed E-state index contributed by atoms with van der Waals surface area (Å²) in [6.07, 6.45) is 6.33. The van der Waals surface area contributed by atoms with E-state index in [2.05, 4.69) is 15.9 Å². The minimum atomic E-state index is -1.12. The highest BCUT2D eigenvalue weighted by Gasteiger charge is 2.21. The maximum Gasteiger partial charge on any atom is 0.228 e. The van der Waals surface area contributed by atoms with E-state index in [9.17, 15) is 9.90 Å². The smallest absolute Gasteiger partial charge is 0.228 e. The van der Waals surface area contributed by atoms with Crippen LogP contribution in [-0.2, 0) is 4.79 Å². The SMILES string of the molecule is C#CC(=O)/C=C(/c1ccc(Br)cc1)C(C)(C)O. The van der Waals surface area contributed by atoms with Gasteiger partial charge in [0.05, 0.1) is 5.60 Å². The average Bonchev–Trinajstić information content (AvgIpc) is 2.25. The Hall–Kier alpha value is -1.37. The molecular weight excluding hydrogens is 280 g/mol. The first-order valence-electron chi connectivity index (χ1n) is 5.05. The monoisotopic (exact) mass is 292 g/mol. The topological polar surface area (TPSA) is 37.3 Å². The van der Waals surface area contributed by atoms with Crippen LogP contribution in [-0.4, -0.2) is 16.5 Å². The van der Waals surface area contributed by atoms with Crippen LogP contribution < -0.4 is 0 Å². The second-order valence-electron chi connectivity index (χ2n) is 4.13. The van der Waals surface area contributed by atoms with Gasteiger partial charge in [-0.1, -0.05) is 28.1 Å². The summed E-state index contributed by atoms with van der Waals surface area (Å²) in [5.74, 6) is 1.56. The molecule has 0 fully saturated rings. The second kappa shape index (κ2) is 5.31. The summed E-state index contributed by atoms with van der Waals surface area (Å²) in [7, 11) is 0. The molecule has 0 atom stereocenters. The van der Waals surface area contributed by atoms with Gasteiger partial charge in [0.15, 0.2) is 0 Å². The lowest BCUT2D eigenvalue weighted by atomic mass is 9.90. The van der Waals surface area contributed by atoms with Gasteiger partial charge in [-0.3, -0.25) is 4.79 Å². The van der Waals surface area contributed by atoms with Gasteiger partial charge in [-0.05, 0) is 43.0 Å². The van der Waals surface area contributed by atoms with Crippen LogP contribution in [0, 0.1) is 12.3 Å². The minimum absolute atomic E-state index is 0.454. The zero-order valence-corrected chi connectivity index (χ0v) is 11.3. The van der Waals surface area contributed by atoms with Crippen LogP contribution in [0.1, 0.15) is 19.4 Å². The molecule has 0 heterocycles. The van der Waals surface area contributed by atoms with E-state index in [1.54, 1.807) is 13.8 Å². The first kappa shape index (κ1) is 13.7. The summed E-state index contributed by atoms with van der Waals surface area (Å²) in [5, 5.41) is 10.0. The Morgan fingerprint density at radius 3 is 2.35 bits per heavy atom. The molecule has 1 N–H and O–H groups in total. The first-order chi connectivity index (χ1) is 7.84. The Morgan fingerprint density at radius 1 is 1.41 bits per heavy atom. The van der Waals surface area contributed by atoms with Crippen LogP contribution in [0.3, 0.4) is 0 Å². The van der Waals surface area contributed by atoms with E-state index in [-0.39, 0.29) is 0 Å². The van der Waals surface area contributed by atoms with Crippen molar-refractivity contribution >= 4 is 27.3 Å². The Bertz CT molecular complexity index is 484. The maximum absolute atomic E-state index is 11.3. The van der Waals surface area contributed by atoms with E-state index in [0.717, 1.165) is 10.0 Å². The molecule has 1 aromatic rings. The first-order valence-corrected chi connectivity index (χ1v) is 5.85. The molecule has 0 amide bonds. The lowest BCUT2D eigenvalue weighted by Crippen LogP contribution is -2.21. The zero-order valence-electron chi connectivity index (χ0n) is 9.70. The fourth-order valence-corrected chi connectivity index (χ4v) is 1.68. The van der Waals surface area contributed by atoms with Crippen molar-refractivity contribution in [1.29, 1.82) is 0 Å². The van der Waals surface area contributed by atoms with Crippen molar-refractivity contribution < 1.29 is 9.90 Å². The molecule has 1 aromatic carbocycles.